The quantitative estimate of drug-likeness (QED) is 0.126. The molecule has 2 amide bonds. The predicted octanol–water partition coefficient (Wildman–Crippen LogP) is 4.58. The highest BCUT2D eigenvalue weighted by Gasteiger charge is 2.43. The van der Waals surface area contributed by atoms with Gasteiger partial charge in [0.15, 0.2) is 0 Å². The van der Waals surface area contributed by atoms with E-state index in [9.17, 15) is 33.9 Å². The zero-order valence-electron chi connectivity index (χ0n) is 35.9. The van der Waals surface area contributed by atoms with Gasteiger partial charge in [-0.05, 0) is 85.6 Å². The van der Waals surface area contributed by atoms with Crippen molar-refractivity contribution in [3.05, 3.63) is 131 Å². The lowest BCUT2D eigenvalue weighted by atomic mass is 10.1. The molecule has 0 aliphatic carbocycles. The zero-order chi connectivity index (χ0) is 46.4. The molecule has 0 aromatic heterocycles. The number of nitrogens with zero attached hydrogens (tertiary/aromatic N) is 2. The Balaban J connectivity index is 0.000000217. The van der Waals surface area contributed by atoms with Crippen LogP contribution in [0.5, 0.6) is 11.5 Å². The smallest absolute Gasteiger partial charge is 0.364 e. The molecule has 0 saturated carbocycles. The molecule has 342 valence electrons. The number of ether oxygens (including phenoxy) is 4. The third-order valence-electron chi connectivity index (χ3n) is 9.67. The summed E-state index contributed by atoms with van der Waals surface area (Å²) in [5, 5.41) is 18.5. The van der Waals surface area contributed by atoms with Crippen molar-refractivity contribution in [2.24, 2.45) is 0 Å². The van der Waals surface area contributed by atoms with E-state index in [0.29, 0.717) is 28.0 Å². The molecule has 2 N–H and O–H groups in total. The van der Waals surface area contributed by atoms with Crippen LogP contribution in [0.2, 0.25) is 0 Å². The Morgan fingerprint density at radius 2 is 1.00 bits per heavy atom. The lowest BCUT2D eigenvalue weighted by Gasteiger charge is -2.22. The maximum Gasteiger partial charge on any atom is 0.364 e. The molecule has 18 nitrogen and oxygen atoms in total. The number of likely N-dealkylation sites (tertiary alicyclic amines) is 2. The number of aliphatic hydroxyl groups is 1. The first-order valence-electron chi connectivity index (χ1n) is 20.1. The lowest BCUT2D eigenvalue weighted by molar-refractivity contribution is -0.258. The highest BCUT2D eigenvalue weighted by molar-refractivity contribution is 5.98. The number of aliphatic hydroxyl groups excluding tert-OH is 1. The number of amides is 2. The van der Waals surface area contributed by atoms with Crippen molar-refractivity contribution in [3.8, 4) is 11.5 Å². The summed E-state index contributed by atoms with van der Waals surface area (Å²) in [6, 6.07) is 27.9. The SMILES string of the molecule is C1CCOC1.COC(=O)c1ccc(O)cc1.COOC(=O)[C@@H]1C[C@@H](O)CN1C(=O)c1ccccc1.COOC(=O)[C@@H]1C[C@H](Oc2ccc(C(=O)OC)cc2)CN1C(=O)c1ccccc1. The van der Waals surface area contributed by atoms with Gasteiger partial charge in [0.25, 0.3) is 11.8 Å². The van der Waals surface area contributed by atoms with E-state index in [1.54, 1.807) is 84.9 Å². The minimum absolute atomic E-state index is 0.108. The van der Waals surface area contributed by atoms with Gasteiger partial charge in [-0.1, -0.05) is 36.4 Å². The largest absolute Gasteiger partial charge is 0.508 e. The minimum Gasteiger partial charge on any atom is -0.508 e. The van der Waals surface area contributed by atoms with Crippen molar-refractivity contribution in [3.63, 3.8) is 0 Å². The fourth-order valence-corrected chi connectivity index (χ4v) is 6.57. The second-order valence-corrected chi connectivity index (χ2v) is 14.1. The Morgan fingerprint density at radius 1 is 0.562 bits per heavy atom. The number of carbonyl (C=O) groups excluding carboxylic acids is 6. The molecular weight excluding hydrogens is 837 g/mol. The van der Waals surface area contributed by atoms with Crippen LogP contribution in [0.1, 0.15) is 67.1 Å². The van der Waals surface area contributed by atoms with E-state index in [0.717, 1.165) is 13.2 Å². The zero-order valence-corrected chi connectivity index (χ0v) is 35.9. The van der Waals surface area contributed by atoms with Gasteiger partial charge in [-0.3, -0.25) is 19.4 Å². The number of methoxy groups -OCH3 is 2. The molecule has 3 heterocycles. The topological polar surface area (TPSA) is 223 Å². The Bertz CT molecular complexity index is 2090. The van der Waals surface area contributed by atoms with Crippen LogP contribution in [-0.2, 0) is 43.3 Å². The fourth-order valence-electron chi connectivity index (χ4n) is 6.57. The molecule has 4 aromatic carbocycles. The molecule has 3 fully saturated rings. The summed E-state index contributed by atoms with van der Waals surface area (Å²) in [5.74, 6) is -2.14. The average molecular weight is 889 g/mol. The van der Waals surface area contributed by atoms with Crippen molar-refractivity contribution in [1.29, 1.82) is 0 Å². The van der Waals surface area contributed by atoms with Crippen LogP contribution in [0, 0.1) is 0 Å². The van der Waals surface area contributed by atoms with Gasteiger partial charge in [0.1, 0.15) is 29.7 Å². The van der Waals surface area contributed by atoms with E-state index in [1.165, 1.54) is 75.3 Å². The minimum atomic E-state index is -0.831. The second-order valence-electron chi connectivity index (χ2n) is 14.1. The molecule has 4 atom stereocenters. The number of phenols is 1. The third kappa shape index (κ3) is 14.9. The number of β-amino-alcohol motifs (C(OH)–C–C–N with tert-alkyl or cyclic N) is 1. The van der Waals surface area contributed by atoms with E-state index in [-0.39, 0.29) is 43.5 Å². The summed E-state index contributed by atoms with van der Waals surface area (Å²) in [6.45, 7) is 2.31. The van der Waals surface area contributed by atoms with E-state index in [2.05, 4.69) is 29.0 Å². The predicted molar refractivity (Wildman–Crippen MR) is 226 cm³/mol. The van der Waals surface area contributed by atoms with Crippen LogP contribution in [0.3, 0.4) is 0 Å². The first-order chi connectivity index (χ1) is 30.9. The third-order valence-corrected chi connectivity index (χ3v) is 9.67. The van der Waals surface area contributed by atoms with Gasteiger partial charge in [0.05, 0.1) is 52.2 Å². The fraction of sp³-hybridized carbons (Fsp3) is 0.348. The molecule has 0 unspecified atom stereocenters. The molecule has 3 aliphatic rings. The van der Waals surface area contributed by atoms with Crippen molar-refractivity contribution in [1.82, 2.24) is 9.80 Å². The molecule has 3 saturated heterocycles. The normalized spacial score (nSPS) is 18.3. The number of rotatable bonds is 10. The summed E-state index contributed by atoms with van der Waals surface area (Å²) >= 11 is 0. The van der Waals surface area contributed by atoms with Crippen molar-refractivity contribution in [2.45, 2.75) is 50.0 Å². The Hall–Kier alpha value is -6.86. The molecule has 18 heteroatoms. The van der Waals surface area contributed by atoms with Gasteiger partial charge in [-0.2, -0.15) is 9.78 Å². The highest BCUT2D eigenvalue weighted by atomic mass is 17.2. The van der Waals surface area contributed by atoms with E-state index in [4.69, 9.17) is 14.6 Å². The van der Waals surface area contributed by atoms with Gasteiger partial charge >= 0.3 is 23.9 Å². The Labute approximate surface area is 369 Å². The van der Waals surface area contributed by atoms with E-state index in [1.807, 2.05) is 0 Å². The first-order valence-corrected chi connectivity index (χ1v) is 20.1. The van der Waals surface area contributed by atoms with Crippen LogP contribution in [-0.4, -0.2) is 135 Å². The van der Waals surface area contributed by atoms with Gasteiger partial charge in [-0.25, -0.2) is 19.2 Å². The molecule has 0 bridgehead atoms. The molecular formula is C46H52N2O16. The van der Waals surface area contributed by atoms with Gasteiger partial charge < -0.3 is 39.0 Å². The summed E-state index contributed by atoms with van der Waals surface area (Å²) in [6.07, 6.45) is 1.79. The summed E-state index contributed by atoms with van der Waals surface area (Å²) in [7, 11) is 5.07. The van der Waals surface area contributed by atoms with Gasteiger partial charge in [0, 0.05) is 43.7 Å². The summed E-state index contributed by atoms with van der Waals surface area (Å²) < 4.78 is 20.0. The van der Waals surface area contributed by atoms with Gasteiger partial charge in [-0.15, -0.1) is 0 Å². The molecule has 3 aliphatic heterocycles. The molecule has 4 aromatic rings. The molecule has 0 spiro atoms. The van der Waals surface area contributed by atoms with Crippen molar-refractivity contribution < 1.29 is 77.5 Å². The van der Waals surface area contributed by atoms with E-state index < -0.39 is 48.2 Å². The number of hydrogen-bond acceptors (Lipinski definition) is 16. The molecule has 0 radical (unpaired) electrons. The van der Waals surface area contributed by atoms with E-state index >= 15 is 0 Å². The van der Waals surface area contributed by atoms with Crippen LogP contribution < -0.4 is 4.74 Å². The lowest BCUT2D eigenvalue weighted by Crippen LogP contribution is -2.41. The number of aromatic hydroxyl groups is 1. The monoisotopic (exact) mass is 888 g/mol. The standard InChI is InChI=1S/C21H21NO7.C13H15NO5.C8H8O3.C4H8O/c1-26-20(24)15-8-10-16(11-9-15)28-17-12-18(21(25)29-27-2)22(13-17)19(23)14-6-4-3-5-7-14;1-18-19-13(17)11-7-10(15)8-14(11)12(16)9-5-3-2-4-6-9;1-11-8(10)6-2-4-7(9)5-3-6;1-2-4-5-3-1/h3-11,17-18H,12-13H2,1-2H3;2-6,10-11,15H,7-8H2,1H3;2-5,9H,1H3;1-4H2/t17-,18-;10-,11+;;/m01../s1. The van der Waals surface area contributed by atoms with Gasteiger partial charge in [0.2, 0.25) is 0 Å². The number of esters is 2. The van der Waals surface area contributed by atoms with Crippen LogP contribution >= 0.6 is 0 Å². The number of phenolic OH excluding ortho intramolecular Hbond substituents is 1. The van der Waals surface area contributed by atoms with Crippen LogP contribution in [0.25, 0.3) is 0 Å². The number of hydrogen-bond donors (Lipinski definition) is 2. The first kappa shape index (κ1) is 49.8. The van der Waals surface area contributed by atoms with Crippen LogP contribution in [0.15, 0.2) is 109 Å². The number of carbonyl (C=O) groups is 6. The van der Waals surface area contributed by atoms with Crippen molar-refractivity contribution >= 4 is 35.7 Å². The Kier molecular flexibility index (Phi) is 20.2. The molecule has 7 rings (SSSR count). The van der Waals surface area contributed by atoms with Crippen LogP contribution in [0.4, 0.5) is 0 Å². The highest BCUT2D eigenvalue weighted by Crippen LogP contribution is 2.27. The Morgan fingerprint density at radius 3 is 1.42 bits per heavy atom. The summed E-state index contributed by atoms with van der Waals surface area (Å²) in [5.41, 5.74) is 1.76. The maximum absolute atomic E-state index is 12.9. The number of benzene rings is 4. The molecule has 64 heavy (non-hydrogen) atoms. The second kappa shape index (κ2) is 25.9. The van der Waals surface area contributed by atoms with Crippen molar-refractivity contribution in [2.75, 3.05) is 54.7 Å². The average Bonchev–Trinajstić information content (AvgIpc) is 4.13. The summed E-state index contributed by atoms with van der Waals surface area (Å²) in [4.78, 5) is 92.1. The maximum atomic E-state index is 12.9.